The van der Waals surface area contributed by atoms with E-state index in [0.29, 0.717) is 18.0 Å². The van der Waals surface area contributed by atoms with Crippen molar-refractivity contribution in [2.24, 2.45) is 5.73 Å². The van der Waals surface area contributed by atoms with Crippen molar-refractivity contribution in [3.8, 4) is 16.2 Å². The SMILES string of the molecule is NCCCNC(=O)c1ccc(-c2ccc(OC(F)F)cc2)s1. The van der Waals surface area contributed by atoms with Crippen LogP contribution in [-0.4, -0.2) is 25.6 Å². The van der Waals surface area contributed by atoms with E-state index in [0.717, 1.165) is 16.9 Å². The van der Waals surface area contributed by atoms with Crippen LogP contribution < -0.4 is 15.8 Å². The number of carbonyl (C=O) groups excluding carboxylic acids is 1. The first kappa shape index (κ1) is 16.4. The Labute approximate surface area is 130 Å². The van der Waals surface area contributed by atoms with E-state index in [1.807, 2.05) is 6.07 Å². The smallest absolute Gasteiger partial charge is 0.387 e. The molecule has 1 aromatic heterocycles. The number of halogens is 2. The van der Waals surface area contributed by atoms with Crippen LogP contribution in [0.15, 0.2) is 36.4 Å². The average molecular weight is 326 g/mol. The van der Waals surface area contributed by atoms with E-state index in [9.17, 15) is 13.6 Å². The Balaban J connectivity index is 2.03. The van der Waals surface area contributed by atoms with Gasteiger partial charge in [0.1, 0.15) is 5.75 Å². The number of rotatable bonds is 7. The lowest BCUT2D eigenvalue weighted by atomic mass is 10.2. The van der Waals surface area contributed by atoms with Gasteiger partial charge in [-0.05, 0) is 54.9 Å². The fourth-order valence-electron chi connectivity index (χ4n) is 1.81. The second-order valence-electron chi connectivity index (χ2n) is 4.46. The summed E-state index contributed by atoms with van der Waals surface area (Å²) in [6.07, 6.45) is 0.732. The van der Waals surface area contributed by atoms with E-state index in [-0.39, 0.29) is 11.7 Å². The molecule has 0 radical (unpaired) electrons. The summed E-state index contributed by atoms with van der Waals surface area (Å²) in [6, 6.07) is 9.87. The van der Waals surface area contributed by atoms with Gasteiger partial charge in [-0.2, -0.15) is 8.78 Å². The van der Waals surface area contributed by atoms with Crippen LogP contribution in [0.25, 0.3) is 10.4 Å². The Morgan fingerprint density at radius 1 is 1.23 bits per heavy atom. The molecule has 1 heterocycles. The van der Waals surface area contributed by atoms with E-state index in [1.165, 1.54) is 23.5 Å². The molecule has 1 amide bonds. The molecule has 2 rings (SSSR count). The van der Waals surface area contributed by atoms with E-state index < -0.39 is 6.61 Å². The molecule has 0 atom stereocenters. The van der Waals surface area contributed by atoms with Crippen LogP contribution in [0, 0.1) is 0 Å². The molecule has 22 heavy (non-hydrogen) atoms. The summed E-state index contributed by atoms with van der Waals surface area (Å²) in [5.41, 5.74) is 6.21. The van der Waals surface area contributed by atoms with Gasteiger partial charge < -0.3 is 15.8 Å². The summed E-state index contributed by atoms with van der Waals surface area (Å²) in [6.45, 7) is -1.76. The predicted octanol–water partition coefficient (Wildman–Crippen LogP) is 3.10. The van der Waals surface area contributed by atoms with Gasteiger partial charge in [0.2, 0.25) is 0 Å². The third-order valence-corrected chi connectivity index (χ3v) is 3.99. The Kier molecular flexibility index (Phi) is 5.85. The molecule has 0 saturated carbocycles. The lowest BCUT2D eigenvalue weighted by Crippen LogP contribution is -2.25. The van der Waals surface area contributed by atoms with Gasteiger partial charge >= 0.3 is 6.61 Å². The molecule has 0 spiro atoms. The molecular formula is C15H16F2N2O2S. The number of benzene rings is 1. The van der Waals surface area contributed by atoms with Crippen LogP contribution in [0.2, 0.25) is 0 Å². The van der Waals surface area contributed by atoms with E-state index in [2.05, 4.69) is 10.1 Å². The van der Waals surface area contributed by atoms with E-state index >= 15 is 0 Å². The number of alkyl halides is 2. The van der Waals surface area contributed by atoms with Gasteiger partial charge in [0.15, 0.2) is 0 Å². The minimum atomic E-state index is -2.84. The Morgan fingerprint density at radius 2 is 1.95 bits per heavy atom. The summed E-state index contributed by atoms with van der Waals surface area (Å²) < 4.78 is 28.5. The standard InChI is InChI=1S/C15H16F2N2O2S/c16-15(17)21-11-4-2-10(3-5-11)12-6-7-13(22-12)14(20)19-9-1-8-18/h2-7,15H,1,8-9,18H2,(H,19,20). The molecule has 0 aliphatic heterocycles. The van der Waals surface area contributed by atoms with Crippen LogP contribution >= 0.6 is 11.3 Å². The highest BCUT2D eigenvalue weighted by atomic mass is 32.1. The largest absolute Gasteiger partial charge is 0.435 e. The van der Waals surface area contributed by atoms with Crippen LogP contribution in [0.5, 0.6) is 5.75 Å². The van der Waals surface area contributed by atoms with Crippen molar-refractivity contribution in [2.75, 3.05) is 13.1 Å². The summed E-state index contributed by atoms with van der Waals surface area (Å²) in [5, 5.41) is 2.78. The normalized spacial score (nSPS) is 10.7. The topological polar surface area (TPSA) is 64.3 Å². The van der Waals surface area contributed by atoms with Crippen LogP contribution in [0.3, 0.4) is 0 Å². The van der Waals surface area contributed by atoms with Crippen molar-refractivity contribution in [1.82, 2.24) is 5.32 Å². The summed E-state index contributed by atoms with van der Waals surface area (Å²) in [4.78, 5) is 13.4. The first-order valence-electron chi connectivity index (χ1n) is 6.73. The first-order chi connectivity index (χ1) is 10.6. The maximum Gasteiger partial charge on any atom is 0.387 e. The molecule has 118 valence electrons. The first-order valence-corrected chi connectivity index (χ1v) is 7.55. The molecule has 0 bridgehead atoms. The maximum absolute atomic E-state index is 12.1. The van der Waals surface area contributed by atoms with Gasteiger partial charge in [0.25, 0.3) is 5.91 Å². The number of hydrogen-bond donors (Lipinski definition) is 2. The predicted molar refractivity (Wildman–Crippen MR) is 82.4 cm³/mol. The van der Waals surface area contributed by atoms with Crippen molar-refractivity contribution >= 4 is 17.2 Å². The van der Waals surface area contributed by atoms with Gasteiger partial charge in [-0.3, -0.25) is 4.79 Å². The van der Waals surface area contributed by atoms with Crippen molar-refractivity contribution in [2.45, 2.75) is 13.0 Å². The van der Waals surface area contributed by atoms with Gasteiger partial charge in [-0.15, -0.1) is 11.3 Å². The molecule has 2 aromatic rings. The lowest BCUT2D eigenvalue weighted by molar-refractivity contribution is -0.0498. The zero-order chi connectivity index (χ0) is 15.9. The van der Waals surface area contributed by atoms with Crippen LogP contribution in [0.4, 0.5) is 8.78 Å². The van der Waals surface area contributed by atoms with Crippen LogP contribution in [-0.2, 0) is 0 Å². The number of nitrogens with two attached hydrogens (primary N) is 1. The minimum Gasteiger partial charge on any atom is -0.435 e. The Bertz CT molecular complexity index is 614. The van der Waals surface area contributed by atoms with Gasteiger partial charge in [-0.1, -0.05) is 0 Å². The maximum atomic E-state index is 12.1. The van der Waals surface area contributed by atoms with Gasteiger partial charge in [0.05, 0.1) is 4.88 Å². The molecule has 1 aromatic carbocycles. The monoisotopic (exact) mass is 326 g/mol. The van der Waals surface area contributed by atoms with E-state index in [1.54, 1.807) is 18.2 Å². The quantitative estimate of drug-likeness (QED) is 0.769. The minimum absolute atomic E-state index is 0.107. The van der Waals surface area contributed by atoms with Crippen molar-refractivity contribution in [1.29, 1.82) is 0 Å². The molecule has 0 saturated heterocycles. The number of amides is 1. The average Bonchev–Trinajstić information content (AvgIpc) is 2.97. The molecule has 0 aliphatic carbocycles. The fraction of sp³-hybridized carbons (Fsp3) is 0.267. The molecule has 0 aliphatic rings. The fourth-order valence-corrected chi connectivity index (χ4v) is 2.73. The molecule has 0 unspecified atom stereocenters. The van der Waals surface area contributed by atoms with Gasteiger partial charge in [0, 0.05) is 11.4 Å². The Morgan fingerprint density at radius 3 is 2.59 bits per heavy atom. The second-order valence-corrected chi connectivity index (χ2v) is 5.55. The molecule has 0 fully saturated rings. The number of carbonyl (C=O) groups is 1. The molecule has 7 heteroatoms. The highest BCUT2D eigenvalue weighted by molar-refractivity contribution is 7.17. The van der Waals surface area contributed by atoms with Gasteiger partial charge in [-0.25, -0.2) is 0 Å². The molecular weight excluding hydrogens is 310 g/mol. The van der Waals surface area contributed by atoms with Crippen molar-refractivity contribution in [3.05, 3.63) is 41.3 Å². The second kappa shape index (κ2) is 7.86. The van der Waals surface area contributed by atoms with Crippen molar-refractivity contribution < 1.29 is 18.3 Å². The zero-order valence-corrected chi connectivity index (χ0v) is 12.5. The molecule has 4 nitrogen and oxygen atoms in total. The summed E-state index contributed by atoms with van der Waals surface area (Å²) >= 11 is 1.34. The van der Waals surface area contributed by atoms with Crippen molar-refractivity contribution in [3.63, 3.8) is 0 Å². The third kappa shape index (κ3) is 4.51. The summed E-state index contributed by atoms with van der Waals surface area (Å²) in [5.74, 6) is -0.0302. The highest BCUT2D eigenvalue weighted by Gasteiger charge is 2.10. The number of thiophene rings is 1. The molecule has 3 N–H and O–H groups in total. The van der Waals surface area contributed by atoms with Crippen LogP contribution in [0.1, 0.15) is 16.1 Å². The number of nitrogens with one attached hydrogen (secondary N) is 1. The zero-order valence-electron chi connectivity index (χ0n) is 11.7. The Hall–Kier alpha value is -1.99. The summed E-state index contributed by atoms with van der Waals surface area (Å²) in [7, 11) is 0. The van der Waals surface area contributed by atoms with E-state index in [4.69, 9.17) is 5.73 Å². The lowest BCUT2D eigenvalue weighted by Gasteiger charge is -2.04. The number of ether oxygens (including phenoxy) is 1. The third-order valence-electron chi connectivity index (χ3n) is 2.86. The number of hydrogen-bond acceptors (Lipinski definition) is 4. The highest BCUT2D eigenvalue weighted by Crippen LogP contribution is 2.29.